The number of rotatable bonds is 4. The van der Waals surface area contributed by atoms with Gasteiger partial charge in [0, 0.05) is 43.5 Å². The fourth-order valence-electron chi connectivity index (χ4n) is 5.23. The Balaban J connectivity index is 1.36. The molecule has 6 nitrogen and oxygen atoms in total. The molecule has 0 saturated carbocycles. The van der Waals surface area contributed by atoms with E-state index in [0.29, 0.717) is 19.0 Å². The van der Waals surface area contributed by atoms with E-state index in [-0.39, 0.29) is 5.88 Å². The molecule has 0 bridgehead atoms. The number of aromatic hydroxyl groups is 1. The number of hydrogen-bond donors (Lipinski definition) is 2. The van der Waals surface area contributed by atoms with Crippen molar-refractivity contribution in [1.82, 2.24) is 9.88 Å². The smallest absolute Gasteiger partial charge is 0.407 e. The average molecular weight is 444 g/mol. The minimum atomic E-state index is -0.814. The topological polar surface area (TPSA) is 76.9 Å². The zero-order valence-electron chi connectivity index (χ0n) is 18.9. The van der Waals surface area contributed by atoms with Crippen LogP contribution in [0.2, 0.25) is 0 Å². The monoisotopic (exact) mass is 443 g/mol. The van der Waals surface area contributed by atoms with E-state index in [9.17, 15) is 15.0 Å². The summed E-state index contributed by atoms with van der Waals surface area (Å²) in [7, 11) is 0. The zero-order valence-corrected chi connectivity index (χ0v) is 18.9. The standard InChI is InChI=1S/C27H29N3O3/c1-18-16-21(19-10-13-29(14-11-19)27(32)33)8-9-22(18)17-30-15-12-20-4-2-5-23(26(20)30)24-6-3-7-25(31)28-24/h2-9,16,19H,10-15,17H2,1H3,(H,28,31)(H,32,33). The minimum Gasteiger partial charge on any atom is -0.493 e. The fraction of sp³-hybridized carbons (Fsp3) is 0.333. The van der Waals surface area contributed by atoms with Crippen LogP contribution in [0.3, 0.4) is 0 Å². The molecule has 1 fully saturated rings. The summed E-state index contributed by atoms with van der Waals surface area (Å²) in [4.78, 5) is 19.5. The van der Waals surface area contributed by atoms with Gasteiger partial charge in [0.1, 0.15) is 0 Å². The summed E-state index contributed by atoms with van der Waals surface area (Å²) in [6.07, 6.45) is 1.95. The Bertz CT molecular complexity index is 1180. The van der Waals surface area contributed by atoms with Gasteiger partial charge in [-0.25, -0.2) is 9.78 Å². The van der Waals surface area contributed by atoms with Crippen molar-refractivity contribution in [2.24, 2.45) is 0 Å². The second-order valence-electron chi connectivity index (χ2n) is 9.10. The molecule has 0 spiro atoms. The molecule has 1 aromatic heterocycles. The predicted molar refractivity (Wildman–Crippen MR) is 129 cm³/mol. The number of aromatic nitrogens is 1. The van der Waals surface area contributed by atoms with Gasteiger partial charge in [0.05, 0.1) is 5.69 Å². The number of carboxylic acid groups (broad SMARTS) is 1. The molecule has 2 aliphatic rings. The Morgan fingerprint density at radius 1 is 1.06 bits per heavy atom. The van der Waals surface area contributed by atoms with Gasteiger partial charge in [-0.1, -0.05) is 42.5 Å². The third-order valence-corrected chi connectivity index (χ3v) is 7.06. The molecule has 1 amide bonds. The predicted octanol–water partition coefficient (Wildman–Crippen LogP) is 5.18. The molecule has 1 saturated heterocycles. The summed E-state index contributed by atoms with van der Waals surface area (Å²) in [6.45, 7) is 5.17. The van der Waals surface area contributed by atoms with Crippen molar-refractivity contribution in [2.45, 2.75) is 38.6 Å². The zero-order chi connectivity index (χ0) is 22.9. The number of piperidine rings is 1. The van der Waals surface area contributed by atoms with E-state index in [4.69, 9.17) is 0 Å². The number of amides is 1. The van der Waals surface area contributed by atoms with Crippen molar-refractivity contribution in [3.63, 3.8) is 0 Å². The van der Waals surface area contributed by atoms with Crippen LogP contribution in [-0.4, -0.2) is 45.8 Å². The number of fused-ring (bicyclic) bond motifs is 1. The normalized spacial score (nSPS) is 16.2. The lowest BCUT2D eigenvalue weighted by molar-refractivity contribution is 0.132. The van der Waals surface area contributed by atoms with E-state index in [2.05, 4.69) is 53.2 Å². The Morgan fingerprint density at radius 2 is 1.85 bits per heavy atom. The first kappa shape index (κ1) is 21.3. The number of likely N-dealkylation sites (tertiary alicyclic amines) is 1. The van der Waals surface area contributed by atoms with Gasteiger partial charge in [0.15, 0.2) is 0 Å². The first-order valence-electron chi connectivity index (χ1n) is 11.6. The van der Waals surface area contributed by atoms with Gasteiger partial charge < -0.3 is 20.0 Å². The SMILES string of the molecule is Cc1cc(C2CCN(C(=O)O)CC2)ccc1CN1CCc2cccc(-c3cccc(O)n3)c21. The molecule has 0 atom stereocenters. The van der Waals surface area contributed by atoms with Crippen LogP contribution in [-0.2, 0) is 13.0 Å². The highest BCUT2D eigenvalue weighted by atomic mass is 16.4. The van der Waals surface area contributed by atoms with Crippen molar-refractivity contribution >= 4 is 11.8 Å². The van der Waals surface area contributed by atoms with Crippen LogP contribution < -0.4 is 4.90 Å². The van der Waals surface area contributed by atoms with Crippen LogP contribution in [0.5, 0.6) is 5.88 Å². The maximum Gasteiger partial charge on any atom is 0.407 e. The second kappa shape index (κ2) is 8.77. The molecule has 0 aliphatic carbocycles. The van der Waals surface area contributed by atoms with Gasteiger partial charge >= 0.3 is 6.09 Å². The van der Waals surface area contributed by atoms with Crippen molar-refractivity contribution in [1.29, 1.82) is 0 Å². The summed E-state index contributed by atoms with van der Waals surface area (Å²) in [6, 6.07) is 18.5. The van der Waals surface area contributed by atoms with Crippen molar-refractivity contribution < 1.29 is 15.0 Å². The number of para-hydroxylation sites is 1. The van der Waals surface area contributed by atoms with Crippen molar-refractivity contribution in [3.8, 4) is 17.1 Å². The third kappa shape index (κ3) is 4.25. The van der Waals surface area contributed by atoms with Crippen LogP contribution >= 0.6 is 0 Å². The molecule has 2 N–H and O–H groups in total. The van der Waals surface area contributed by atoms with Gasteiger partial charge in [-0.2, -0.15) is 0 Å². The Hall–Kier alpha value is -3.54. The minimum absolute atomic E-state index is 0.0373. The van der Waals surface area contributed by atoms with Crippen LogP contribution in [0, 0.1) is 6.92 Å². The first-order chi connectivity index (χ1) is 16.0. The molecule has 6 heteroatoms. The van der Waals surface area contributed by atoms with Crippen molar-refractivity contribution in [3.05, 3.63) is 76.9 Å². The largest absolute Gasteiger partial charge is 0.493 e. The summed E-state index contributed by atoms with van der Waals surface area (Å²) in [5, 5.41) is 19.1. The Labute approximate surface area is 194 Å². The van der Waals surface area contributed by atoms with E-state index in [1.54, 1.807) is 6.07 Å². The van der Waals surface area contributed by atoms with Crippen LogP contribution in [0.4, 0.5) is 10.5 Å². The number of nitrogens with zero attached hydrogens (tertiary/aromatic N) is 3. The highest BCUT2D eigenvalue weighted by Crippen LogP contribution is 2.39. The van der Waals surface area contributed by atoms with E-state index in [1.165, 1.54) is 32.8 Å². The fourth-order valence-corrected chi connectivity index (χ4v) is 5.23. The summed E-state index contributed by atoms with van der Waals surface area (Å²) < 4.78 is 0. The lowest BCUT2D eigenvalue weighted by Crippen LogP contribution is -2.36. The molecule has 0 radical (unpaired) electrons. The molecule has 2 aromatic carbocycles. The van der Waals surface area contributed by atoms with Crippen LogP contribution in [0.1, 0.15) is 41.0 Å². The molecule has 2 aliphatic heterocycles. The average Bonchev–Trinajstić information content (AvgIpc) is 3.23. The van der Waals surface area contributed by atoms with Crippen LogP contribution in [0.25, 0.3) is 11.3 Å². The van der Waals surface area contributed by atoms with E-state index >= 15 is 0 Å². The van der Waals surface area contributed by atoms with Gasteiger partial charge in [-0.05, 0) is 60.4 Å². The maximum absolute atomic E-state index is 11.2. The van der Waals surface area contributed by atoms with Crippen molar-refractivity contribution in [2.75, 3.05) is 24.5 Å². The van der Waals surface area contributed by atoms with Gasteiger partial charge in [0.25, 0.3) is 0 Å². The number of aryl methyl sites for hydroxylation is 1. The lowest BCUT2D eigenvalue weighted by atomic mass is 9.88. The molecular weight excluding hydrogens is 414 g/mol. The Kier molecular flexibility index (Phi) is 5.67. The number of benzene rings is 2. The maximum atomic E-state index is 11.2. The molecule has 0 unspecified atom stereocenters. The molecule has 5 rings (SSSR count). The quantitative estimate of drug-likeness (QED) is 0.581. The lowest BCUT2D eigenvalue weighted by Gasteiger charge is -2.30. The number of carbonyl (C=O) groups is 1. The Morgan fingerprint density at radius 3 is 2.58 bits per heavy atom. The number of hydrogen-bond acceptors (Lipinski definition) is 4. The van der Waals surface area contributed by atoms with Gasteiger partial charge in [-0.3, -0.25) is 0 Å². The molecule has 3 heterocycles. The van der Waals surface area contributed by atoms with Crippen LogP contribution in [0.15, 0.2) is 54.6 Å². The molecule has 33 heavy (non-hydrogen) atoms. The highest BCUT2D eigenvalue weighted by Gasteiger charge is 2.26. The third-order valence-electron chi connectivity index (χ3n) is 7.06. The first-order valence-corrected chi connectivity index (χ1v) is 11.6. The number of pyridine rings is 1. The highest BCUT2D eigenvalue weighted by molar-refractivity contribution is 5.81. The number of anilines is 1. The van der Waals surface area contributed by atoms with E-state index in [0.717, 1.165) is 43.6 Å². The summed E-state index contributed by atoms with van der Waals surface area (Å²) in [5.74, 6) is 0.458. The summed E-state index contributed by atoms with van der Waals surface area (Å²) >= 11 is 0. The molecule has 170 valence electrons. The van der Waals surface area contributed by atoms with E-state index < -0.39 is 6.09 Å². The molecular formula is C27H29N3O3. The second-order valence-corrected chi connectivity index (χ2v) is 9.10. The van der Waals surface area contributed by atoms with Gasteiger partial charge in [-0.15, -0.1) is 0 Å². The molecule has 3 aromatic rings. The summed E-state index contributed by atoms with van der Waals surface area (Å²) in [5.41, 5.74) is 8.26. The van der Waals surface area contributed by atoms with Gasteiger partial charge in [0.2, 0.25) is 5.88 Å². The van der Waals surface area contributed by atoms with E-state index in [1.807, 2.05) is 12.1 Å².